The Balaban J connectivity index is 1.85. The van der Waals surface area contributed by atoms with Crippen molar-refractivity contribution in [3.63, 3.8) is 0 Å². The van der Waals surface area contributed by atoms with E-state index in [9.17, 15) is 14.0 Å². The Morgan fingerprint density at radius 3 is 2.62 bits per heavy atom. The van der Waals surface area contributed by atoms with Crippen LogP contribution in [-0.4, -0.2) is 37.2 Å². The third-order valence-corrected chi connectivity index (χ3v) is 4.46. The van der Waals surface area contributed by atoms with Crippen molar-refractivity contribution in [1.29, 1.82) is 0 Å². The number of carbonyl (C=O) groups is 2. The zero-order valence-corrected chi connectivity index (χ0v) is 14.9. The van der Waals surface area contributed by atoms with E-state index in [1.165, 1.54) is 0 Å². The number of rotatable bonds is 4. The molecule has 1 aromatic heterocycles. The second-order valence-electron chi connectivity index (χ2n) is 5.93. The van der Waals surface area contributed by atoms with Crippen LogP contribution >= 0.6 is 11.6 Å². The van der Waals surface area contributed by atoms with Gasteiger partial charge in [0.2, 0.25) is 0 Å². The Labute approximate surface area is 154 Å². The summed E-state index contributed by atoms with van der Waals surface area (Å²) in [4.78, 5) is 28.4. The van der Waals surface area contributed by atoms with E-state index >= 15 is 0 Å². The minimum absolute atomic E-state index is 0.0499. The standard InChI is InChI=1S/C18H16ClFN2O4/c1-9-3-10(11-7-26-8-11)6-21-16(9)22-17(23)12-4-13(18(24)25-2)15(20)5-14(12)19/h3-6,11H,7-8H2,1-2H3,(H,21,22,23). The van der Waals surface area contributed by atoms with E-state index in [1.807, 2.05) is 13.0 Å². The van der Waals surface area contributed by atoms with Gasteiger partial charge < -0.3 is 14.8 Å². The van der Waals surface area contributed by atoms with Gasteiger partial charge in [0.1, 0.15) is 11.6 Å². The molecule has 3 rings (SSSR count). The second-order valence-corrected chi connectivity index (χ2v) is 6.33. The van der Waals surface area contributed by atoms with Crippen molar-refractivity contribution in [2.24, 2.45) is 0 Å². The molecular formula is C18H16ClFN2O4. The summed E-state index contributed by atoms with van der Waals surface area (Å²) < 4.78 is 23.5. The summed E-state index contributed by atoms with van der Waals surface area (Å²) in [6, 6.07) is 3.90. The van der Waals surface area contributed by atoms with E-state index < -0.39 is 17.7 Å². The summed E-state index contributed by atoms with van der Waals surface area (Å²) in [6.07, 6.45) is 1.68. The van der Waals surface area contributed by atoms with Gasteiger partial charge in [0.05, 0.1) is 36.5 Å². The highest BCUT2D eigenvalue weighted by Gasteiger charge is 2.23. The second kappa shape index (κ2) is 7.39. The van der Waals surface area contributed by atoms with Crippen LogP contribution in [-0.2, 0) is 9.47 Å². The molecule has 0 atom stereocenters. The molecule has 0 unspecified atom stereocenters. The molecule has 0 aliphatic carbocycles. The largest absolute Gasteiger partial charge is 0.465 e. The van der Waals surface area contributed by atoms with Crippen LogP contribution in [0.5, 0.6) is 0 Å². The van der Waals surface area contributed by atoms with Gasteiger partial charge >= 0.3 is 5.97 Å². The van der Waals surface area contributed by atoms with Crippen molar-refractivity contribution in [3.8, 4) is 0 Å². The number of aryl methyl sites for hydroxylation is 1. The highest BCUT2D eigenvalue weighted by atomic mass is 35.5. The van der Waals surface area contributed by atoms with E-state index in [0.717, 1.165) is 30.4 Å². The molecule has 6 nitrogen and oxygen atoms in total. The van der Waals surface area contributed by atoms with Crippen LogP contribution < -0.4 is 5.32 Å². The summed E-state index contributed by atoms with van der Waals surface area (Å²) in [5, 5.41) is 2.52. The van der Waals surface area contributed by atoms with Crippen molar-refractivity contribution in [2.45, 2.75) is 12.8 Å². The van der Waals surface area contributed by atoms with E-state index in [4.69, 9.17) is 16.3 Å². The fourth-order valence-corrected chi connectivity index (χ4v) is 2.78. The molecule has 1 fully saturated rings. The maximum atomic E-state index is 13.8. The molecule has 1 saturated heterocycles. The molecule has 1 aliphatic rings. The summed E-state index contributed by atoms with van der Waals surface area (Å²) in [5.74, 6) is -1.68. The average Bonchev–Trinajstić information content (AvgIpc) is 2.55. The van der Waals surface area contributed by atoms with Crippen molar-refractivity contribution in [2.75, 3.05) is 25.6 Å². The third-order valence-electron chi connectivity index (χ3n) is 4.15. The van der Waals surface area contributed by atoms with Gasteiger partial charge in [0.25, 0.3) is 5.91 Å². The Kier molecular flexibility index (Phi) is 5.20. The normalized spacial score (nSPS) is 13.8. The van der Waals surface area contributed by atoms with Gasteiger partial charge in [-0.2, -0.15) is 0 Å². The van der Waals surface area contributed by atoms with Crippen LogP contribution in [0.4, 0.5) is 10.2 Å². The highest BCUT2D eigenvalue weighted by molar-refractivity contribution is 6.34. The van der Waals surface area contributed by atoms with Gasteiger partial charge in [-0.1, -0.05) is 17.7 Å². The van der Waals surface area contributed by atoms with Crippen LogP contribution in [0.2, 0.25) is 5.02 Å². The lowest BCUT2D eigenvalue weighted by Crippen LogP contribution is -2.25. The molecule has 2 aromatic rings. The molecule has 26 heavy (non-hydrogen) atoms. The van der Waals surface area contributed by atoms with E-state index in [1.54, 1.807) is 6.20 Å². The van der Waals surface area contributed by atoms with Crippen LogP contribution in [0.3, 0.4) is 0 Å². The molecule has 0 saturated carbocycles. The van der Waals surface area contributed by atoms with Gasteiger partial charge in [0.15, 0.2) is 0 Å². The van der Waals surface area contributed by atoms with Gasteiger partial charge in [-0.15, -0.1) is 0 Å². The lowest BCUT2D eigenvalue weighted by atomic mass is 9.98. The maximum Gasteiger partial charge on any atom is 0.340 e. The summed E-state index contributed by atoms with van der Waals surface area (Å²) in [5.41, 5.74) is 1.40. The molecule has 8 heteroatoms. The number of methoxy groups -OCH3 is 1. The number of anilines is 1. The van der Waals surface area contributed by atoms with Crippen molar-refractivity contribution >= 4 is 29.3 Å². The van der Waals surface area contributed by atoms with Crippen molar-refractivity contribution in [1.82, 2.24) is 4.98 Å². The van der Waals surface area contributed by atoms with E-state index in [-0.39, 0.29) is 16.1 Å². The lowest BCUT2D eigenvalue weighted by Gasteiger charge is -2.26. The first kappa shape index (κ1) is 18.3. The van der Waals surface area contributed by atoms with Gasteiger partial charge in [-0.25, -0.2) is 14.2 Å². The molecule has 2 heterocycles. The Bertz CT molecular complexity index is 884. The zero-order valence-electron chi connectivity index (χ0n) is 14.1. The first-order valence-corrected chi connectivity index (χ1v) is 8.21. The first-order valence-electron chi connectivity index (χ1n) is 7.83. The number of hydrogen-bond donors (Lipinski definition) is 1. The Morgan fingerprint density at radius 1 is 1.31 bits per heavy atom. The number of pyridine rings is 1. The van der Waals surface area contributed by atoms with Crippen LogP contribution in [0.15, 0.2) is 24.4 Å². The molecule has 1 aliphatic heterocycles. The maximum absolute atomic E-state index is 13.8. The molecule has 1 amide bonds. The highest BCUT2D eigenvalue weighted by Crippen LogP contribution is 2.27. The molecule has 1 N–H and O–H groups in total. The first-order chi connectivity index (χ1) is 12.4. The minimum Gasteiger partial charge on any atom is -0.465 e. The minimum atomic E-state index is -0.894. The van der Waals surface area contributed by atoms with Crippen LogP contribution in [0, 0.1) is 12.7 Å². The number of esters is 1. The number of nitrogens with one attached hydrogen (secondary N) is 1. The lowest BCUT2D eigenvalue weighted by molar-refractivity contribution is 0.00828. The number of carbonyl (C=O) groups excluding carboxylic acids is 2. The Hall–Kier alpha value is -2.51. The number of benzene rings is 1. The van der Waals surface area contributed by atoms with E-state index in [2.05, 4.69) is 15.0 Å². The van der Waals surface area contributed by atoms with Crippen LogP contribution in [0.1, 0.15) is 37.8 Å². The number of nitrogens with zero attached hydrogens (tertiary/aromatic N) is 1. The number of amides is 1. The summed E-state index contributed by atoms with van der Waals surface area (Å²) in [6.45, 7) is 3.14. The average molecular weight is 379 g/mol. The predicted molar refractivity (Wildman–Crippen MR) is 93.2 cm³/mol. The smallest absolute Gasteiger partial charge is 0.340 e. The topological polar surface area (TPSA) is 77.5 Å². The summed E-state index contributed by atoms with van der Waals surface area (Å²) >= 11 is 5.96. The monoisotopic (exact) mass is 378 g/mol. The van der Waals surface area contributed by atoms with Gasteiger partial charge in [-0.05, 0) is 30.2 Å². The Morgan fingerprint density at radius 2 is 2.04 bits per heavy atom. The SMILES string of the molecule is COC(=O)c1cc(C(=O)Nc2ncc(C3COC3)cc2C)c(Cl)cc1F. The van der Waals surface area contributed by atoms with Crippen LogP contribution in [0.25, 0.3) is 0 Å². The van der Waals surface area contributed by atoms with Gasteiger partial charge in [-0.3, -0.25) is 4.79 Å². The number of hydrogen-bond acceptors (Lipinski definition) is 5. The predicted octanol–water partition coefficient (Wildman–Crippen LogP) is 3.34. The number of ether oxygens (including phenoxy) is 2. The van der Waals surface area contributed by atoms with Gasteiger partial charge in [0, 0.05) is 12.1 Å². The molecular weight excluding hydrogens is 363 g/mol. The summed E-state index contributed by atoms with van der Waals surface area (Å²) in [7, 11) is 1.12. The number of aromatic nitrogens is 1. The molecule has 1 aromatic carbocycles. The number of halogens is 2. The fraction of sp³-hybridized carbons (Fsp3) is 0.278. The zero-order chi connectivity index (χ0) is 18.8. The van der Waals surface area contributed by atoms with Crippen molar-refractivity contribution < 1.29 is 23.5 Å². The third kappa shape index (κ3) is 3.54. The molecule has 0 spiro atoms. The molecule has 0 bridgehead atoms. The molecule has 0 radical (unpaired) electrons. The quantitative estimate of drug-likeness (QED) is 0.826. The van der Waals surface area contributed by atoms with E-state index in [0.29, 0.717) is 24.9 Å². The van der Waals surface area contributed by atoms with Crippen molar-refractivity contribution in [3.05, 3.63) is 57.5 Å². The fourth-order valence-electron chi connectivity index (χ4n) is 2.54. The molecule has 136 valence electrons.